The standard InChI is InChI=1S/C33H27Cl2N5O9/c1-36(2)27-22(39(46)47)12-15(13-23(27)40(48)49)38-28(42)20-9-8-19-21(25(20)29(38)43)14-32(34)30(44)37(3)31(45)33(32,35)26(19)18-10-11-24(41)17-7-5-4-6-16(17)18/h4-8,10-13,20-21,25-26,41H,9,14H2,1-3H3/t20-,21+,25-,26-,32+,33-/m0/s1. The number of nitro groups is 2. The summed E-state index contributed by atoms with van der Waals surface area (Å²) in [5, 5.41) is 35.8. The lowest BCUT2D eigenvalue weighted by Crippen LogP contribution is -2.60. The molecule has 0 radical (unpaired) electrons. The molecule has 14 nitrogen and oxygen atoms in total. The first-order valence-corrected chi connectivity index (χ1v) is 15.9. The van der Waals surface area contributed by atoms with Crippen molar-refractivity contribution in [1.29, 1.82) is 0 Å². The molecule has 0 spiro atoms. The third-order valence-electron chi connectivity index (χ3n) is 10.4. The van der Waals surface area contributed by atoms with Crippen LogP contribution in [0, 0.1) is 38.0 Å². The van der Waals surface area contributed by atoms with Crippen molar-refractivity contribution in [3.8, 4) is 5.75 Å². The van der Waals surface area contributed by atoms with Crippen LogP contribution in [0.4, 0.5) is 22.7 Å². The normalized spacial score (nSPS) is 29.1. The zero-order valence-electron chi connectivity index (χ0n) is 26.1. The number of halogens is 2. The fourth-order valence-corrected chi connectivity index (χ4v) is 9.37. The van der Waals surface area contributed by atoms with Crippen molar-refractivity contribution in [2.45, 2.75) is 28.5 Å². The van der Waals surface area contributed by atoms with E-state index in [2.05, 4.69) is 0 Å². The number of benzene rings is 3. The molecule has 3 aromatic rings. The molecular weight excluding hydrogens is 681 g/mol. The molecule has 3 aromatic carbocycles. The predicted molar refractivity (Wildman–Crippen MR) is 178 cm³/mol. The van der Waals surface area contributed by atoms with E-state index >= 15 is 0 Å². The van der Waals surface area contributed by atoms with Crippen molar-refractivity contribution in [3.63, 3.8) is 0 Å². The van der Waals surface area contributed by atoms with E-state index in [1.807, 2.05) is 0 Å². The van der Waals surface area contributed by atoms with E-state index in [1.54, 1.807) is 36.4 Å². The largest absolute Gasteiger partial charge is 0.507 e. The van der Waals surface area contributed by atoms with Gasteiger partial charge in [-0.3, -0.25) is 44.3 Å². The molecule has 2 aliphatic carbocycles. The first-order chi connectivity index (χ1) is 23.1. The monoisotopic (exact) mass is 707 g/mol. The Hall–Kier alpha value is -5.08. The van der Waals surface area contributed by atoms with E-state index in [0.717, 1.165) is 21.9 Å². The van der Waals surface area contributed by atoms with Crippen LogP contribution >= 0.6 is 23.2 Å². The summed E-state index contributed by atoms with van der Waals surface area (Å²) in [6.07, 6.45) is 1.44. The van der Waals surface area contributed by atoms with Gasteiger partial charge >= 0.3 is 11.4 Å². The maximum atomic E-state index is 14.4. The Morgan fingerprint density at radius 2 is 1.51 bits per heavy atom. The summed E-state index contributed by atoms with van der Waals surface area (Å²) in [5.41, 5.74) is -1.03. The lowest BCUT2D eigenvalue weighted by Gasteiger charge is -2.51. The van der Waals surface area contributed by atoms with Crippen molar-refractivity contribution >= 4 is 80.4 Å². The van der Waals surface area contributed by atoms with Gasteiger partial charge in [0.05, 0.1) is 27.4 Å². The number of phenols is 1. The smallest absolute Gasteiger partial charge is 0.301 e. The van der Waals surface area contributed by atoms with Gasteiger partial charge in [0.1, 0.15) is 5.75 Å². The molecule has 3 fully saturated rings. The van der Waals surface area contributed by atoms with Gasteiger partial charge in [0, 0.05) is 44.6 Å². The number of alkyl halides is 2. The molecule has 0 aromatic heterocycles. The third kappa shape index (κ3) is 4.13. The SMILES string of the molecule is CN1C(=O)[C@]2(Cl)C[C@@H]3C(=CC[C@@H]4C(=O)N(c5cc([N+](=O)[O-])c(N(C)C)c([N+](=O)[O-])c5)C(=O)[C@@H]43)[C@H](c3ccc(O)c4ccccc34)[C@]2(Cl)C1=O. The highest BCUT2D eigenvalue weighted by Gasteiger charge is 2.76. The Bertz CT molecular complexity index is 2090. The van der Waals surface area contributed by atoms with Gasteiger partial charge in [-0.2, -0.15) is 0 Å². The van der Waals surface area contributed by atoms with Crippen molar-refractivity contribution < 1.29 is 34.1 Å². The number of hydrogen-bond acceptors (Lipinski definition) is 10. The summed E-state index contributed by atoms with van der Waals surface area (Å²) in [5.74, 6) is -7.20. The Morgan fingerprint density at radius 3 is 2.10 bits per heavy atom. The molecule has 1 saturated carbocycles. The van der Waals surface area contributed by atoms with E-state index in [4.69, 9.17) is 23.2 Å². The van der Waals surface area contributed by atoms with Crippen LogP contribution in [0.25, 0.3) is 10.8 Å². The van der Waals surface area contributed by atoms with E-state index in [1.165, 1.54) is 32.1 Å². The Kier molecular flexibility index (Phi) is 7.10. The molecular formula is C33H27Cl2N5O9. The fraction of sp³-hybridized carbons (Fsp3) is 0.333. The molecule has 6 atom stereocenters. The number of imide groups is 2. The molecule has 1 N–H and O–H groups in total. The summed E-state index contributed by atoms with van der Waals surface area (Å²) >= 11 is 14.5. The van der Waals surface area contributed by atoms with Gasteiger partial charge in [0.2, 0.25) is 11.8 Å². The number of carbonyl (C=O) groups excluding carboxylic acids is 4. The van der Waals surface area contributed by atoms with Gasteiger partial charge < -0.3 is 10.0 Å². The fourth-order valence-electron chi connectivity index (χ4n) is 8.36. The summed E-state index contributed by atoms with van der Waals surface area (Å²) in [6, 6.07) is 11.8. The van der Waals surface area contributed by atoms with E-state index in [0.29, 0.717) is 21.9 Å². The van der Waals surface area contributed by atoms with Crippen LogP contribution in [0.1, 0.15) is 24.3 Å². The predicted octanol–water partition coefficient (Wildman–Crippen LogP) is 4.62. The first-order valence-electron chi connectivity index (χ1n) is 15.2. The maximum absolute atomic E-state index is 14.4. The molecule has 252 valence electrons. The van der Waals surface area contributed by atoms with E-state index in [-0.39, 0.29) is 30.0 Å². The summed E-state index contributed by atoms with van der Waals surface area (Å²) in [7, 11) is 4.06. The molecule has 0 unspecified atom stereocenters. The van der Waals surface area contributed by atoms with E-state index < -0.39 is 78.3 Å². The third-order valence-corrected chi connectivity index (χ3v) is 11.8. The van der Waals surface area contributed by atoms with Crippen LogP contribution in [0.2, 0.25) is 0 Å². The number of fused-ring (bicyclic) bond motifs is 5. The molecule has 2 aliphatic heterocycles. The lowest BCUT2D eigenvalue weighted by atomic mass is 9.56. The molecule has 2 heterocycles. The number of anilines is 2. The number of hydrogen-bond donors (Lipinski definition) is 1. The van der Waals surface area contributed by atoms with Gasteiger partial charge in [0.15, 0.2) is 15.4 Å². The zero-order valence-corrected chi connectivity index (χ0v) is 27.6. The van der Waals surface area contributed by atoms with Gasteiger partial charge in [0.25, 0.3) is 11.8 Å². The number of nitro benzene ring substituents is 2. The molecule has 4 aliphatic rings. The second kappa shape index (κ2) is 10.7. The number of carbonyl (C=O) groups is 4. The topological polar surface area (TPSA) is 185 Å². The zero-order chi connectivity index (χ0) is 35.5. The van der Waals surface area contributed by atoms with Crippen LogP contribution in [-0.2, 0) is 19.2 Å². The molecule has 7 rings (SSSR count). The molecule has 16 heteroatoms. The number of amides is 4. The first kappa shape index (κ1) is 32.5. The van der Waals surface area contributed by atoms with Gasteiger partial charge in [-0.25, -0.2) is 4.90 Å². The second-order valence-electron chi connectivity index (χ2n) is 13.0. The van der Waals surface area contributed by atoms with Gasteiger partial charge in [-0.1, -0.05) is 42.0 Å². The van der Waals surface area contributed by atoms with Crippen molar-refractivity contribution in [2.24, 2.45) is 17.8 Å². The quantitative estimate of drug-likeness (QED) is 0.129. The Morgan fingerprint density at radius 1 is 0.898 bits per heavy atom. The van der Waals surface area contributed by atoms with Crippen LogP contribution < -0.4 is 9.80 Å². The Labute approximate surface area is 287 Å². The molecule has 49 heavy (non-hydrogen) atoms. The summed E-state index contributed by atoms with van der Waals surface area (Å²) < 4.78 is 0. The number of allylic oxidation sites excluding steroid dienone is 2. The minimum absolute atomic E-state index is 0.00425. The highest BCUT2D eigenvalue weighted by Crippen LogP contribution is 2.66. The van der Waals surface area contributed by atoms with Gasteiger partial charge in [-0.15, -0.1) is 23.2 Å². The molecule has 4 amide bonds. The molecule has 0 bridgehead atoms. The Balaban J connectivity index is 1.41. The van der Waals surface area contributed by atoms with Crippen LogP contribution in [0.15, 0.2) is 60.2 Å². The van der Waals surface area contributed by atoms with Crippen LogP contribution in [-0.4, -0.2) is 74.4 Å². The number of likely N-dealkylation sites (tertiary alicyclic amines) is 1. The molecule has 2 saturated heterocycles. The average molecular weight is 709 g/mol. The van der Waals surface area contributed by atoms with Gasteiger partial charge in [-0.05, 0) is 35.8 Å². The number of phenolic OH excluding ortho intramolecular Hbond substituents is 1. The maximum Gasteiger partial charge on any atom is 0.301 e. The van der Waals surface area contributed by atoms with E-state index in [9.17, 15) is 44.5 Å². The number of aromatic hydroxyl groups is 1. The van der Waals surface area contributed by atoms with Crippen LogP contribution in [0.3, 0.4) is 0 Å². The minimum atomic E-state index is -2.06. The minimum Gasteiger partial charge on any atom is -0.507 e. The number of nitrogens with zero attached hydrogens (tertiary/aromatic N) is 5. The number of rotatable bonds is 5. The summed E-state index contributed by atoms with van der Waals surface area (Å²) in [6.45, 7) is 0. The van der Waals surface area contributed by atoms with Crippen molar-refractivity contribution in [2.75, 3.05) is 30.9 Å². The highest BCUT2D eigenvalue weighted by molar-refractivity contribution is 6.53. The second-order valence-corrected chi connectivity index (χ2v) is 14.2. The van der Waals surface area contributed by atoms with Crippen LogP contribution in [0.5, 0.6) is 5.75 Å². The van der Waals surface area contributed by atoms with Crippen molar-refractivity contribution in [1.82, 2.24) is 4.90 Å². The highest BCUT2D eigenvalue weighted by atomic mass is 35.5. The summed E-state index contributed by atoms with van der Waals surface area (Å²) in [4.78, 5) is 77.3. The average Bonchev–Trinajstić information content (AvgIpc) is 3.39. The lowest BCUT2D eigenvalue weighted by molar-refractivity contribution is -0.392. The van der Waals surface area contributed by atoms with Crippen molar-refractivity contribution in [3.05, 3.63) is 86.0 Å².